The van der Waals surface area contributed by atoms with Gasteiger partial charge >= 0.3 is 0 Å². The Balaban J connectivity index is 2.48. The number of hydrogen-bond acceptors (Lipinski definition) is 2. The molecule has 2 nitrogen and oxygen atoms in total. The minimum atomic E-state index is -0.382. The normalized spacial score (nSPS) is 26.8. The lowest BCUT2D eigenvalue weighted by Gasteiger charge is -2.14. The Morgan fingerprint density at radius 1 is 1.36 bits per heavy atom. The largest absolute Gasteiger partial charge is 0.387 e. The molecule has 1 aromatic carbocycles. The monoisotopic (exact) mass is 255 g/mol. The third-order valence-electron chi connectivity index (χ3n) is 2.73. The van der Waals surface area contributed by atoms with Gasteiger partial charge in [0.25, 0.3) is 0 Å². The maximum atomic E-state index is 9.90. The van der Waals surface area contributed by atoms with E-state index in [1.165, 1.54) is 5.56 Å². The van der Waals surface area contributed by atoms with Crippen LogP contribution in [-0.2, 0) is 0 Å². The van der Waals surface area contributed by atoms with E-state index in [0.717, 1.165) is 16.6 Å². The summed E-state index contributed by atoms with van der Waals surface area (Å²) in [5, 5.41) is 13.1. The molecule has 0 saturated heterocycles. The van der Waals surface area contributed by atoms with E-state index in [4.69, 9.17) is 0 Å². The summed E-state index contributed by atoms with van der Waals surface area (Å²) in [6.45, 7) is 3.76. The highest BCUT2D eigenvalue weighted by Crippen LogP contribution is 2.29. The van der Waals surface area contributed by atoms with Crippen LogP contribution in [0.15, 0.2) is 22.7 Å². The van der Waals surface area contributed by atoms with Gasteiger partial charge in [-0.2, -0.15) is 0 Å². The molecule has 0 bridgehead atoms. The fraction of sp³-hybridized carbons (Fsp3) is 0.455. The van der Waals surface area contributed by atoms with Gasteiger partial charge in [0.1, 0.15) is 0 Å². The van der Waals surface area contributed by atoms with E-state index in [1.807, 2.05) is 12.1 Å². The van der Waals surface area contributed by atoms with Crippen LogP contribution in [0, 0.1) is 0 Å². The van der Waals surface area contributed by atoms with Crippen LogP contribution in [0.4, 0.5) is 0 Å². The second-order valence-corrected chi connectivity index (χ2v) is 4.76. The maximum Gasteiger partial charge on any atom is 0.0917 e. The topological polar surface area (TPSA) is 32.3 Å². The van der Waals surface area contributed by atoms with Crippen molar-refractivity contribution in [3.8, 4) is 0 Å². The third kappa shape index (κ3) is 1.85. The van der Waals surface area contributed by atoms with Crippen LogP contribution >= 0.6 is 15.9 Å². The lowest BCUT2D eigenvalue weighted by Crippen LogP contribution is -2.21. The number of halogens is 1. The zero-order valence-corrected chi connectivity index (χ0v) is 9.71. The number of nitrogens with one attached hydrogen (secondary N) is 1. The number of hydrogen-bond donors (Lipinski definition) is 2. The molecular formula is C11H14BrNO. The van der Waals surface area contributed by atoms with Gasteiger partial charge in [0, 0.05) is 17.6 Å². The van der Waals surface area contributed by atoms with Gasteiger partial charge in [0.05, 0.1) is 6.10 Å². The third-order valence-corrected chi connectivity index (χ3v) is 3.22. The van der Waals surface area contributed by atoms with E-state index >= 15 is 0 Å². The molecule has 0 fully saturated rings. The van der Waals surface area contributed by atoms with E-state index in [1.54, 1.807) is 0 Å². The minimum absolute atomic E-state index is 0.382. The molecule has 2 atom stereocenters. The van der Waals surface area contributed by atoms with Crippen molar-refractivity contribution in [1.29, 1.82) is 0 Å². The van der Waals surface area contributed by atoms with Crippen LogP contribution < -0.4 is 5.32 Å². The molecule has 14 heavy (non-hydrogen) atoms. The summed E-state index contributed by atoms with van der Waals surface area (Å²) in [7, 11) is 0. The van der Waals surface area contributed by atoms with E-state index in [0.29, 0.717) is 12.5 Å². The average molecular weight is 256 g/mol. The van der Waals surface area contributed by atoms with Gasteiger partial charge in [-0.3, -0.25) is 0 Å². The fourth-order valence-corrected chi connectivity index (χ4v) is 2.32. The summed E-state index contributed by atoms with van der Waals surface area (Å²) in [6, 6.07) is 6.15. The Kier molecular flexibility index (Phi) is 2.91. The molecule has 0 spiro atoms. The first-order valence-corrected chi connectivity index (χ1v) is 5.66. The molecule has 2 rings (SSSR count). The molecule has 1 aromatic rings. The van der Waals surface area contributed by atoms with Gasteiger partial charge in [-0.25, -0.2) is 0 Å². The molecular weight excluding hydrogens is 242 g/mol. The first-order chi connectivity index (χ1) is 6.68. The molecule has 0 radical (unpaired) electrons. The molecule has 0 saturated carbocycles. The van der Waals surface area contributed by atoms with Crippen molar-refractivity contribution in [2.75, 3.05) is 13.1 Å². The summed E-state index contributed by atoms with van der Waals surface area (Å²) in [5.41, 5.74) is 2.31. The Bertz CT molecular complexity index is 340. The summed E-state index contributed by atoms with van der Waals surface area (Å²) in [4.78, 5) is 0. The van der Waals surface area contributed by atoms with E-state index in [-0.39, 0.29) is 6.10 Å². The Morgan fingerprint density at radius 3 is 2.93 bits per heavy atom. The van der Waals surface area contributed by atoms with Crippen LogP contribution in [0.25, 0.3) is 0 Å². The number of β-amino-alcohol motifs (C(OH)–C–C–N with tert-alkyl or cyclic N) is 1. The lowest BCUT2D eigenvalue weighted by molar-refractivity contribution is 0.178. The highest BCUT2D eigenvalue weighted by atomic mass is 79.9. The van der Waals surface area contributed by atoms with Gasteiger partial charge in [0.15, 0.2) is 0 Å². The second-order valence-electron chi connectivity index (χ2n) is 3.85. The molecule has 2 N–H and O–H groups in total. The van der Waals surface area contributed by atoms with Gasteiger partial charge in [-0.15, -0.1) is 0 Å². The van der Waals surface area contributed by atoms with Crippen molar-refractivity contribution in [1.82, 2.24) is 5.32 Å². The summed E-state index contributed by atoms with van der Waals surface area (Å²) < 4.78 is 1.03. The number of rotatable bonds is 0. The van der Waals surface area contributed by atoms with E-state index in [9.17, 15) is 5.11 Å². The molecule has 0 aliphatic carbocycles. The van der Waals surface area contributed by atoms with Crippen LogP contribution in [0.2, 0.25) is 0 Å². The van der Waals surface area contributed by atoms with E-state index < -0.39 is 0 Å². The van der Waals surface area contributed by atoms with E-state index in [2.05, 4.69) is 34.2 Å². The molecule has 1 heterocycles. The van der Waals surface area contributed by atoms with Gasteiger partial charge in [-0.1, -0.05) is 28.9 Å². The molecule has 2 unspecified atom stereocenters. The lowest BCUT2D eigenvalue weighted by atomic mass is 9.94. The molecule has 76 valence electrons. The zero-order chi connectivity index (χ0) is 10.1. The van der Waals surface area contributed by atoms with Crippen LogP contribution in [0.1, 0.15) is 30.1 Å². The molecule has 3 heteroatoms. The standard InChI is InChI=1S/C11H14BrNO/c1-7-5-13-6-11(14)10-4-8(12)2-3-9(7)10/h2-4,7,11,13-14H,5-6H2,1H3. The highest BCUT2D eigenvalue weighted by molar-refractivity contribution is 9.10. The highest BCUT2D eigenvalue weighted by Gasteiger charge is 2.20. The van der Waals surface area contributed by atoms with Gasteiger partial charge < -0.3 is 10.4 Å². The van der Waals surface area contributed by atoms with Crippen LogP contribution in [0.5, 0.6) is 0 Å². The Morgan fingerprint density at radius 2 is 2.14 bits per heavy atom. The number of fused-ring (bicyclic) bond motifs is 1. The van der Waals surface area contributed by atoms with Crippen LogP contribution in [0.3, 0.4) is 0 Å². The quantitative estimate of drug-likeness (QED) is 0.745. The van der Waals surface area contributed by atoms with Crippen molar-refractivity contribution >= 4 is 15.9 Å². The van der Waals surface area contributed by atoms with Gasteiger partial charge in [0.2, 0.25) is 0 Å². The molecule has 1 aliphatic heterocycles. The van der Waals surface area contributed by atoms with Crippen molar-refractivity contribution in [2.45, 2.75) is 18.9 Å². The van der Waals surface area contributed by atoms with Crippen molar-refractivity contribution in [2.24, 2.45) is 0 Å². The fourth-order valence-electron chi connectivity index (χ4n) is 1.94. The van der Waals surface area contributed by atoms with Crippen molar-refractivity contribution in [3.63, 3.8) is 0 Å². The number of benzene rings is 1. The Hall–Kier alpha value is -0.380. The smallest absolute Gasteiger partial charge is 0.0917 e. The Labute approximate surface area is 92.5 Å². The van der Waals surface area contributed by atoms with Crippen LogP contribution in [-0.4, -0.2) is 18.2 Å². The average Bonchev–Trinajstić information content (AvgIpc) is 2.28. The van der Waals surface area contributed by atoms with Gasteiger partial charge in [-0.05, 0) is 29.2 Å². The SMILES string of the molecule is CC1CNCC(O)c2cc(Br)ccc21. The predicted octanol–water partition coefficient (Wildman–Crippen LogP) is 2.19. The maximum absolute atomic E-state index is 9.90. The minimum Gasteiger partial charge on any atom is -0.387 e. The predicted molar refractivity (Wildman–Crippen MR) is 60.4 cm³/mol. The number of aliphatic hydroxyl groups excluding tert-OH is 1. The summed E-state index contributed by atoms with van der Waals surface area (Å²) >= 11 is 3.43. The first kappa shape index (κ1) is 10.1. The summed E-state index contributed by atoms with van der Waals surface area (Å²) in [5.74, 6) is 0.468. The first-order valence-electron chi connectivity index (χ1n) is 4.86. The van der Waals surface area contributed by atoms with Crippen molar-refractivity contribution < 1.29 is 5.11 Å². The zero-order valence-electron chi connectivity index (χ0n) is 8.13. The van der Waals surface area contributed by atoms with Crippen molar-refractivity contribution in [3.05, 3.63) is 33.8 Å². The molecule has 0 amide bonds. The molecule has 0 aromatic heterocycles. The summed E-state index contributed by atoms with van der Waals surface area (Å²) in [6.07, 6.45) is -0.382. The molecule has 1 aliphatic rings. The second kappa shape index (κ2) is 4.01. The number of aliphatic hydroxyl groups is 1.